The molecule has 1 aliphatic rings. The molecule has 1 unspecified atom stereocenters. The summed E-state index contributed by atoms with van der Waals surface area (Å²) in [5.74, 6) is 0. The fourth-order valence-electron chi connectivity index (χ4n) is 2.50. The second-order valence-corrected chi connectivity index (χ2v) is 9.20. The standard InChI is InChI=1S/C19H29NO7S/c1-15-5-7-17(8-6-15)28(22,23)26-12-11-24-14-16-13-20(9-10-25-16)18(21)27-19(2,3)4/h5-8,16H,9-14H2,1-4H3. The Labute approximate surface area is 166 Å². The first-order valence-electron chi connectivity index (χ1n) is 9.20. The van der Waals surface area contributed by atoms with Gasteiger partial charge in [0.15, 0.2) is 0 Å². The van der Waals surface area contributed by atoms with Gasteiger partial charge in [-0.05, 0) is 39.8 Å². The molecular weight excluding hydrogens is 386 g/mol. The summed E-state index contributed by atoms with van der Waals surface area (Å²) in [6.07, 6.45) is -0.678. The third-order valence-electron chi connectivity index (χ3n) is 3.87. The van der Waals surface area contributed by atoms with Crippen LogP contribution in [-0.4, -0.2) is 70.6 Å². The van der Waals surface area contributed by atoms with E-state index in [-0.39, 0.29) is 36.9 Å². The van der Waals surface area contributed by atoms with Crippen molar-refractivity contribution in [2.24, 2.45) is 0 Å². The summed E-state index contributed by atoms with van der Waals surface area (Å²) < 4.78 is 45.5. The van der Waals surface area contributed by atoms with Gasteiger partial charge < -0.3 is 19.1 Å². The van der Waals surface area contributed by atoms with Gasteiger partial charge in [-0.25, -0.2) is 4.79 Å². The number of hydrogen-bond acceptors (Lipinski definition) is 7. The van der Waals surface area contributed by atoms with E-state index in [1.165, 1.54) is 12.1 Å². The first kappa shape index (κ1) is 22.6. The summed E-state index contributed by atoms with van der Waals surface area (Å²) in [5, 5.41) is 0. The molecule has 0 spiro atoms. The summed E-state index contributed by atoms with van der Waals surface area (Å²) in [5.41, 5.74) is 0.414. The number of nitrogens with zero attached hydrogens (tertiary/aromatic N) is 1. The van der Waals surface area contributed by atoms with Gasteiger partial charge in [0.1, 0.15) is 5.60 Å². The molecule has 158 valence electrons. The molecule has 1 saturated heterocycles. The van der Waals surface area contributed by atoms with Gasteiger partial charge in [-0.15, -0.1) is 0 Å². The third-order valence-corrected chi connectivity index (χ3v) is 5.20. The molecule has 1 atom stereocenters. The molecule has 0 saturated carbocycles. The number of carbonyl (C=O) groups is 1. The van der Waals surface area contributed by atoms with Crippen LogP contribution in [-0.2, 0) is 28.5 Å². The normalized spacial score (nSPS) is 18.1. The maximum absolute atomic E-state index is 12.1. The summed E-state index contributed by atoms with van der Waals surface area (Å²) in [6.45, 7) is 8.77. The van der Waals surface area contributed by atoms with Crippen molar-refractivity contribution >= 4 is 16.2 Å². The second-order valence-electron chi connectivity index (χ2n) is 7.58. The lowest BCUT2D eigenvalue weighted by Crippen LogP contribution is -2.48. The van der Waals surface area contributed by atoms with Crippen LogP contribution >= 0.6 is 0 Å². The summed E-state index contributed by atoms with van der Waals surface area (Å²) in [4.78, 5) is 13.8. The van der Waals surface area contributed by atoms with Gasteiger partial charge in [0.2, 0.25) is 0 Å². The Bertz CT molecular complexity index is 741. The molecule has 1 aromatic rings. The van der Waals surface area contributed by atoms with Gasteiger partial charge >= 0.3 is 6.09 Å². The number of aryl methyl sites for hydroxylation is 1. The van der Waals surface area contributed by atoms with E-state index in [0.29, 0.717) is 19.7 Å². The highest BCUT2D eigenvalue weighted by atomic mass is 32.2. The van der Waals surface area contributed by atoms with Crippen molar-refractivity contribution < 1.29 is 31.6 Å². The number of rotatable bonds is 7. The molecule has 1 fully saturated rings. The highest BCUT2D eigenvalue weighted by Crippen LogP contribution is 2.14. The Morgan fingerprint density at radius 1 is 1.21 bits per heavy atom. The van der Waals surface area contributed by atoms with Crippen molar-refractivity contribution in [3.63, 3.8) is 0 Å². The molecule has 0 aliphatic carbocycles. The van der Waals surface area contributed by atoms with Gasteiger partial charge in [-0.3, -0.25) is 4.18 Å². The predicted octanol–water partition coefficient (Wildman–Crippen LogP) is 2.35. The Morgan fingerprint density at radius 2 is 1.89 bits per heavy atom. The summed E-state index contributed by atoms with van der Waals surface area (Å²) >= 11 is 0. The van der Waals surface area contributed by atoms with Crippen molar-refractivity contribution in [2.45, 2.75) is 44.3 Å². The molecule has 28 heavy (non-hydrogen) atoms. The number of ether oxygens (including phenoxy) is 3. The van der Waals surface area contributed by atoms with E-state index < -0.39 is 15.7 Å². The van der Waals surface area contributed by atoms with Crippen LogP contribution < -0.4 is 0 Å². The Kier molecular flexibility index (Phi) is 7.82. The van der Waals surface area contributed by atoms with Crippen molar-refractivity contribution in [1.82, 2.24) is 4.90 Å². The van der Waals surface area contributed by atoms with Crippen molar-refractivity contribution in [2.75, 3.05) is 39.5 Å². The highest BCUT2D eigenvalue weighted by molar-refractivity contribution is 7.86. The Hall–Kier alpha value is -1.68. The second kappa shape index (κ2) is 9.69. The topological polar surface area (TPSA) is 91.4 Å². The number of benzene rings is 1. The van der Waals surface area contributed by atoms with E-state index in [1.54, 1.807) is 17.0 Å². The SMILES string of the molecule is Cc1ccc(S(=O)(=O)OCCOCC2CN(C(=O)OC(C)(C)C)CCO2)cc1. The number of carbonyl (C=O) groups excluding carboxylic acids is 1. The number of amides is 1. The summed E-state index contributed by atoms with van der Waals surface area (Å²) in [7, 11) is -3.80. The molecule has 0 aromatic heterocycles. The lowest BCUT2D eigenvalue weighted by atomic mass is 10.2. The molecule has 1 aromatic carbocycles. The van der Waals surface area contributed by atoms with E-state index in [4.69, 9.17) is 18.4 Å². The van der Waals surface area contributed by atoms with Crippen LogP contribution in [0, 0.1) is 6.92 Å². The van der Waals surface area contributed by atoms with Crippen molar-refractivity contribution in [3.8, 4) is 0 Å². The Balaban J connectivity index is 1.70. The van der Waals surface area contributed by atoms with Crippen molar-refractivity contribution in [1.29, 1.82) is 0 Å². The zero-order valence-electron chi connectivity index (χ0n) is 16.8. The lowest BCUT2D eigenvalue weighted by molar-refractivity contribution is -0.0743. The van der Waals surface area contributed by atoms with Gasteiger partial charge in [0.25, 0.3) is 10.1 Å². The van der Waals surface area contributed by atoms with E-state index in [9.17, 15) is 13.2 Å². The van der Waals surface area contributed by atoms with Gasteiger partial charge in [-0.1, -0.05) is 17.7 Å². The maximum Gasteiger partial charge on any atom is 0.410 e. The first-order valence-corrected chi connectivity index (χ1v) is 10.6. The minimum atomic E-state index is -3.80. The van der Waals surface area contributed by atoms with Crippen LogP contribution in [0.15, 0.2) is 29.2 Å². The van der Waals surface area contributed by atoms with Gasteiger partial charge in [-0.2, -0.15) is 8.42 Å². The molecule has 1 amide bonds. The number of hydrogen-bond donors (Lipinski definition) is 0. The van der Waals surface area contributed by atoms with Crippen LogP contribution in [0.1, 0.15) is 26.3 Å². The minimum Gasteiger partial charge on any atom is -0.444 e. The molecule has 8 nitrogen and oxygen atoms in total. The molecule has 9 heteroatoms. The molecule has 1 aliphatic heterocycles. The monoisotopic (exact) mass is 415 g/mol. The molecule has 0 bridgehead atoms. The summed E-state index contributed by atoms with van der Waals surface area (Å²) in [6, 6.07) is 6.44. The van der Waals surface area contributed by atoms with Crippen LogP contribution in [0.4, 0.5) is 4.79 Å². The molecule has 1 heterocycles. The molecule has 0 N–H and O–H groups in total. The van der Waals surface area contributed by atoms with Gasteiger partial charge in [0.05, 0.1) is 44.0 Å². The van der Waals surface area contributed by atoms with E-state index in [2.05, 4.69) is 0 Å². The average molecular weight is 416 g/mol. The van der Waals surface area contributed by atoms with Crippen LogP contribution in [0.25, 0.3) is 0 Å². The lowest BCUT2D eigenvalue weighted by Gasteiger charge is -2.34. The fourth-order valence-corrected chi connectivity index (χ4v) is 3.40. The smallest absolute Gasteiger partial charge is 0.410 e. The molecule has 0 radical (unpaired) electrons. The Morgan fingerprint density at radius 3 is 2.54 bits per heavy atom. The maximum atomic E-state index is 12.1. The highest BCUT2D eigenvalue weighted by Gasteiger charge is 2.28. The number of morpholine rings is 1. The van der Waals surface area contributed by atoms with E-state index >= 15 is 0 Å². The molecule has 2 rings (SSSR count). The van der Waals surface area contributed by atoms with E-state index in [0.717, 1.165) is 5.56 Å². The largest absolute Gasteiger partial charge is 0.444 e. The van der Waals surface area contributed by atoms with E-state index in [1.807, 2.05) is 27.7 Å². The quantitative estimate of drug-likeness (QED) is 0.499. The first-order chi connectivity index (χ1) is 13.1. The zero-order chi connectivity index (χ0) is 20.8. The predicted molar refractivity (Wildman–Crippen MR) is 103 cm³/mol. The third kappa shape index (κ3) is 7.38. The van der Waals surface area contributed by atoms with Crippen LogP contribution in [0.2, 0.25) is 0 Å². The minimum absolute atomic E-state index is 0.0946. The van der Waals surface area contributed by atoms with Gasteiger partial charge in [0, 0.05) is 6.54 Å². The average Bonchev–Trinajstić information content (AvgIpc) is 2.60. The zero-order valence-corrected chi connectivity index (χ0v) is 17.7. The fraction of sp³-hybridized carbons (Fsp3) is 0.632. The van der Waals surface area contributed by atoms with Crippen LogP contribution in [0.5, 0.6) is 0 Å². The molecular formula is C19H29NO7S. The van der Waals surface area contributed by atoms with Crippen LogP contribution in [0.3, 0.4) is 0 Å². The van der Waals surface area contributed by atoms with Crippen molar-refractivity contribution in [3.05, 3.63) is 29.8 Å².